The Morgan fingerprint density at radius 3 is 1.00 bits per heavy atom. The van der Waals surface area contributed by atoms with Crippen LogP contribution in [-0.4, -0.2) is 15.7 Å². The summed E-state index contributed by atoms with van der Waals surface area (Å²) < 4.78 is 0. The molecule has 0 unspecified atom stereocenters. The molecule has 0 aromatic rings. The molecule has 0 saturated heterocycles. The van der Waals surface area contributed by atoms with Gasteiger partial charge in [0, 0.05) is 0 Å². The minimum absolute atomic E-state index is 0. The monoisotopic (exact) mass is 148 g/mol. The largest absolute Gasteiger partial charge is 0.412 e. The minimum atomic E-state index is 0. The second kappa shape index (κ2) is 124. The molecule has 1 nitrogen and oxygen atoms in total. The van der Waals surface area contributed by atoms with Gasteiger partial charge in [-0.2, -0.15) is 0 Å². The first-order chi connectivity index (χ1) is 3.83. The molecule has 2 heteroatoms. The van der Waals surface area contributed by atoms with Crippen molar-refractivity contribution in [2.45, 2.75) is 20.4 Å². The van der Waals surface area contributed by atoms with Gasteiger partial charge < -0.3 is 5.48 Å². The molecule has 0 spiro atoms. The highest BCUT2D eigenvalue weighted by molar-refractivity contribution is 6.05. The van der Waals surface area contributed by atoms with Crippen molar-refractivity contribution in [2.75, 3.05) is 0 Å². The fourth-order valence-electron chi connectivity index (χ4n) is 0. The number of rotatable bonds is 0. The molecular weight excluding hydrogens is 128 g/mol. The van der Waals surface area contributed by atoms with Gasteiger partial charge in [0.1, 0.15) is 0 Å². The Hall–Kier alpha value is -0.343. The van der Waals surface area contributed by atoms with Crippen LogP contribution in [0.15, 0.2) is 25.3 Å². The molecule has 0 fully saturated rings. The lowest BCUT2D eigenvalue weighted by Crippen LogP contribution is -1.13. The molecule has 0 aliphatic rings. The fourth-order valence-corrected chi connectivity index (χ4v) is 0. The summed E-state index contributed by atoms with van der Waals surface area (Å²) in [6.45, 7) is 12.6. The zero-order chi connectivity index (χ0) is 7.41. The first-order valence-corrected chi connectivity index (χ1v) is 4.97. The summed E-state index contributed by atoms with van der Waals surface area (Å²) in [7, 11) is 1.31. The maximum atomic E-state index is 3.36. The molecule has 9 heavy (non-hydrogen) atoms. The Labute approximate surface area is 62.2 Å². The van der Waals surface area contributed by atoms with Crippen molar-refractivity contribution in [1.82, 2.24) is 0 Å². The molecule has 0 aliphatic carbocycles. The quantitative estimate of drug-likeness (QED) is 0.362. The van der Waals surface area contributed by atoms with Crippen LogP contribution in [0.5, 0.6) is 0 Å². The smallest absolute Gasteiger partial charge is 0.000585 e. The highest BCUT2D eigenvalue weighted by atomic mass is 28.1. The van der Waals surface area contributed by atoms with Gasteiger partial charge in [0.15, 0.2) is 0 Å². The molecule has 0 bridgehead atoms. The molecule has 0 aromatic heterocycles. The van der Waals surface area contributed by atoms with Crippen molar-refractivity contribution < 1.29 is 5.48 Å². The highest BCUT2D eigenvalue weighted by Crippen LogP contribution is 1.38. The van der Waals surface area contributed by atoms with E-state index >= 15 is 0 Å². The SMILES string of the molecule is C=CC.C=CC.C[SiH3].O. The Kier molecular flexibility index (Phi) is 321. The van der Waals surface area contributed by atoms with Crippen molar-refractivity contribution in [3.63, 3.8) is 0 Å². The van der Waals surface area contributed by atoms with Crippen molar-refractivity contribution >= 4 is 10.2 Å². The van der Waals surface area contributed by atoms with E-state index in [2.05, 4.69) is 19.7 Å². The van der Waals surface area contributed by atoms with E-state index in [0.717, 1.165) is 0 Å². The number of allylic oxidation sites excluding steroid dienone is 2. The molecule has 0 aliphatic heterocycles. The average Bonchev–Trinajstić information content (AvgIpc) is 1.75. The minimum Gasteiger partial charge on any atom is -0.412 e. The topological polar surface area (TPSA) is 31.5 Å². The third-order valence-electron chi connectivity index (χ3n) is 0. The lowest BCUT2D eigenvalue weighted by atomic mass is 10.8. The van der Waals surface area contributed by atoms with Gasteiger partial charge in [-0.25, -0.2) is 0 Å². The van der Waals surface area contributed by atoms with Gasteiger partial charge in [-0.3, -0.25) is 0 Å². The predicted octanol–water partition coefficient (Wildman–Crippen LogP) is 0.960. The molecule has 0 atom stereocenters. The summed E-state index contributed by atoms with van der Waals surface area (Å²) in [5, 5.41) is 0. The lowest BCUT2D eigenvalue weighted by Gasteiger charge is -1.31. The predicted molar refractivity (Wildman–Crippen MR) is 51.2 cm³/mol. The molecule has 0 heterocycles. The third kappa shape index (κ3) is 2080. The van der Waals surface area contributed by atoms with Gasteiger partial charge >= 0.3 is 0 Å². The van der Waals surface area contributed by atoms with Gasteiger partial charge in [-0.15, -0.1) is 13.2 Å². The van der Waals surface area contributed by atoms with E-state index in [-0.39, 0.29) is 5.48 Å². The van der Waals surface area contributed by atoms with Crippen LogP contribution in [0.1, 0.15) is 13.8 Å². The zero-order valence-electron chi connectivity index (χ0n) is 7.07. The second-order valence-electron chi connectivity index (χ2n) is 0.816. The second-order valence-corrected chi connectivity index (χ2v) is 0.816. The zero-order valence-corrected chi connectivity index (χ0v) is 9.07. The first-order valence-electron chi connectivity index (χ1n) is 2.97. The van der Waals surface area contributed by atoms with E-state index in [0.29, 0.717) is 0 Å². The lowest BCUT2D eigenvalue weighted by molar-refractivity contribution is 0.824. The van der Waals surface area contributed by atoms with E-state index in [9.17, 15) is 0 Å². The van der Waals surface area contributed by atoms with Crippen LogP contribution in [-0.2, 0) is 0 Å². The fraction of sp³-hybridized carbons (Fsp3) is 0.429. The summed E-state index contributed by atoms with van der Waals surface area (Å²) in [4.78, 5) is 0. The summed E-state index contributed by atoms with van der Waals surface area (Å²) in [6, 6.07) is 0. The van der Waals surface area contributed by atoms with Gasteiger partial charge in [0.25, 0.3) is 0 Å². The first kappa shape index (κ1) is 23.4. The Bertz CT molecular complexity index is 29.9. The van der Waals surface area contributed by atoms with E-state index < -0.39 is 0 Å². The molecule has 0 saturated carbocycles. The van der Waals surface area contributed by atoms with Crippen LogP contribution >= 0.6 is 0 Å². The summed E-state index contributed by atoms with van der Waals surface area (Å²) >= 11 is 0. The normalized spacial score (nSPS) is 3.89. The maximum absolute atomic E-state index is 3.36. The van der Waals surface area contributed by atoms with Crippen LogP contribution in [0.2, 0.25) is 6.55 Å². The Morgan fingerprint density at radius 2 is 1.00 bits per heavy atom. The van der Waals surface area contributed by atoms with Crippen molar-refractivity contribution in [2.24, 2.45) is 0 Å². The van der Waals surface area contributed by atoms with Crippen LogP contribution in [0, 0.1) is 0 Å². The molecule has 2 N–H and O–H groups in total. The van der Waals surface area contributed by atoms with Crippen LogP contribution in [0.3, 0.4) is 0 Å². The molecule has 0 aromatic carbocycles. The van der Waals surface area contributed by atoms with E-state index in [1.54, 1.807) is 12.2 Å². The van der Waals surface area contributed by atoms with Gasteiger partial charge in [-0.1, -0.05) is 18.7 Å². The molecular formula is C7H20OSi. The van der Waals surface area contributed by atoms with Crippen LogP contribution in [0.4, 0.5) is 0 Å². The Morgan fingerprint density at radius 1 is 1.00 bits per heavy atom. The maximum Gasteiger partial charge on any atom is -0.000585 e. The molecule has 0 amide bonds. The van der Waals surface area contributed by atoms with Crippen molar-refractivity contribution in [3.05, 3.63) is 25.3 Å². The van der Waals surface area contributed by atoms with Crippen LogP contribution < -0.4 is 0 Å². The molecule has 0 rings (SSSR count). The standard InChI is InChI=1S/2C3H6.CH6Si.H2O/c2*1-3-2;1-2;/h2*3H,1H2,2H3;1-2H3;1H2. The van der Waals surface area contributed by atoms with E-state index in [1.165, 1.54) is 10.2 Å². The van der Waals surface area contributed by atoms with Crippen molar-refractivity contribution in [3.8, 4) is 0 Å². The number of hydrogen-bond donors (Lipinski definition) is 0. The summed E-state index contributed by atoms with van der Waals surface area (Å²) in [5.74, 6) is 0. The molecule has 0 radical (unpaired) electrons. The Balaban J connectivity index is -0.0000000202. The van der Waals surface area contributed by atoms with Gasteiger partial charge in [0.2, 0.25) is 0 Å². The van der Waals surface area contributed by atoms with Crippen molar-refractivity contribution in [1.29, 1.82) is 0 Å². The summed E-state index contributed by atoms with van der Waals surface area (Å²) in [6.07, 6.45) is 3.50. The van der Waals surface area contributed by atoms with Gasteiger partial charge in [-0.05, 0) is 24.1 Å². The van der Waals surface area contributed by atoms with Crippen LogP contribution in [0.25, 0.3) is 0 Å². The third-order valence-corrected chi connectivity index (χ3v) is 0. The highest BCUT2D eigenvalue weighted by Gasteiger charge is 1.15. The van der Waals surface area contributed by atoms with Gasteiger partial charge in [0.05, 0.1) is 0 Å². The van der Waals surface area contributed by atoms with E-state index in [1.807, 2.05) is 13.8 Å². The number of hydrogen-bond acceptors (Lipinski definition) is 0. The van der Waals surface area contributed by atoms with E-state index in [4.69, 9.17) is 0 Å². The summed E-state index contributed by atoms with van der Waals surface area (Å²) in [5.41, 5.74) is 0. The average molecular weight is 148 g/mol. The molecule has 58 valence electrons.